The lowest BCUT2D eigenvalue weighted by Crippen LogP contribution is -1.90. The largest absolute Gasteiger partial charge is 0.331 e. The Kier molecular flexibility index (Phi) is 3.87. The summed E-state index contributed by atoms with van der Waals surface area (Å²) in [5, 5.41) is 7.36. The van der Waals surface area contributed by atoms with E-state index >= 15 is 0 Å². The number of aromatic nitrogens is 2. The van der Waals surface area contributed by atoms with Crippen LogP contribution in [0.1, 0.15) is 10.7 Å². The first-order valence-electron chi connectivity index (χ1n) is 6.05. The van der Waals surface area contributed by atoms with Gasteiger partial charge in [0.2, 0.25) is 0 Å². The monoisotopic (exact) mass is 365 g/mol. The summed E-state index contributed by atoms with van der Waals surface area (Å²) < 4.78 is 1.03. The highest BCUT2D eigenvalue weighted by Gasteiger charge is 2.11. The molecule has 2 heterocycles. The third kappa shape index (κ3) is 2.77. The number of hydrogen-bond donors (Lipinski definition) is 1. The Balaban J connectivity index is 1.88. The SMILES string of the molecule is Cc1nc(C)c(-c2csc(Nc3ccccc3Br)n2)s1. The molecule has 0 amide bonds. The molecule has 0 aliphatic heterocycles. The van der Waals surface area contributed by atoms with E-state index in [2.05, 4.69) is 36.6 Å². The number of benzene rings is 1. The topological polar surface area (TPSA) is 37.8 Å². The number of halogens is 1. The molecule has 2 aromatic heterocycles. The number of nitrogens with zero attached hydrogens (tertiary/aromatic N) is 2. The predicted octanol–water partition coefficient (Wildman–Crippen LogP) is 5.39. The van der Waals surface area contributed by atoms with Gasteiger partial charge in [0, 0.05) is 9.85 Å². The van der Waals surface area contributed by atoms with Crippen molar-refractivity contribution in [1.29, 1.82) is 0 Å². The van der Waals surface area contributed by atoms with Crippen LogP contribution < -0.4 is 5.32 Å². The fourth-order valence-electron chi connectivity index (χ4n) is 1.88. The van der Waals surface area contributed by atoms with Crippen LogP contribution in [0.15, 0.2) is 34.1 Å². The molecular formula is C14H12BrN3S2. The Labute approximate surface area is 133 Å². The van der Waals surface area contributed by atoms with Gasteiger partial charge in [0.15, 0.2) is 5.13 Å². The van der Waals surface area contributed by atoms with Crippen LogP contribution in [0.25, 0.3) is 10.6 Å². The van der Waals surface area contributed by atoms with Gasteiger partial charge in [-0.15, -0.1) is 22.7 Å². The van der Waals surface area contributed by atoms with Gasteiger partial charge in [0.1, 0.15) is 0 Å². The van der Waals surface area contributed by atoms with Crippen LogP contribution in [-0.2, 0) is 0 Å². The summed E-state index contributed by atoms with van der Waals surface area (Å²) in [7, 11) is 0. The lowest BCUT2D eigenvalue weighted by atomic mass is 10.3. The van der Waals surface area contributed by atoms with Crippen LogP contribution in [0.4, 0.5) is 10.8 Å². The standard InChI is InChI=1S/C14H12BrN3S2/c1-8-13(20-9(2)16-8)12-7-19-14(18-12)17-11-6-4-3-5-10(11)15/h3-7H,1-2H3,(H,17,18). The average molecular weight is 366 g/mol. The number of anilines is 2. The number of nitrogens with one attached hydrogen (secondary N) is 1. The molecule has 20 heavy (non-hydrogen) atoms. The van der Waals surface area contributed by atoms with Crippen LogP contribution >= 0.6 is 38.6 Å². The van der Waals surface area contributed by atoms with Gasteiger partial charge in [-0.1, -0.05) is 12.1 Å². The maximum Gasteiger partial charge on any atom is 0.187 e. The highest BCUT2D eigenvalue weighted by molar-refractivity contribution is 9.10. The minimum Gasteiger partial charge on any atom is -0.331 e. The highest BCUT2D eigenvalue weighted by atomic mass is 79.9. The number of para-hydroxylation sites is 1. The van der Waals surface area contributed by atoms with Crippen molar-refractivity contribution in [3.8, 4) is 10.6 Å². The van der Waals surface area contributed by atoms with Gasteiger partial charge in [-0.05, 0) is 41.9 Å². The third-order valence-corrected chi connectivity index (χ3v) is 5.30. The fourth-order valence-corrected chi connectivity index (χ4v) is 3.93. The van der Waals surface area contributed by atoms with Crippen LogP contribution in [-0.4, -0.2) is 9.97 Å². The summed E-state index contributed by atoms with van der Waals surface area (Å²) >= 11 is 6.81. The molecule has 3 aromatic rings. The molecule has 0 spiro atoms. The molecule has 3 nitrogen and oxygen atoms in total. The average Bonchev–Trinajstić information content (AvgIpc) is 2.99. The van der Waals surface area contributed by atoms with Gasteiger partial charge in [0.25, 0.3) is 0 Å². The third-order valence-electron chi connectivity index (χ3n) is 2.76. The van der Waals surface area contributed by atoms with E-state index < -0.39 is 0 Å². The van der Waals surface area contributed by atoms with E-state index in [-0.39, 0.29) is 0 Å². The minimum atomic E-state index is 0.886. The van der Waals surface area contributed by atoms with E-state index in [9.17, 15) is 0 Å². The molecule has 3 rings (SSSR count). The van der Waals surface area contributed by atoms with Crippen molar-refractivity contribution in [2.75, 3.05) is 5.32 Å². The lowest BCUT2D eigenvalue weighted by molar-refractivity contribution is 1.20. The van der Waals surface area contributed by atoms with Gasteiger partial charge >= 0.3 is 0 Å². The molecule has 1 N–H and O–H groups in total. The molecule has 6 heteroatoms. The van der Waals surface area contributed by atoms with Gasteiger partial charge in [-0.3, -0.25) is 0 Å². The Morgan fingerprint density at radius 2 is 1.95 bits per heavy atom. The second-order valence-electron chi connectivity index (χ2n) is 4.29. The number of thiazole rings is 2. The maximum absolute atomic E-state index is 4.65. The Morgan fingerprint density at radius 1 is 1.15 bits per heavy atom. The second-order valence-corrected chi connectivity index (χ2v) is 7.21. The number of rotatable bonds is 3. The van der Waals surface area contributed by atoms with Crippen molar-refractivity contribution < 1.29 is 0 Å². The normalized spacial score (nSPS) is 10.8. The summed E-state index contributed by atoms with van der Waals surface area (Å²) in [6.45, 7) is 4.05. The van der Waals surface area contributed by atoms with E-state index in [1.54, 1.807) is 22.7 Å². The number of aryl methyl sites for hydroxylation is 2. The smallest absolute Gasteiger partial charge is 0.187 e. The molecule has 1 aromatic carbocycles. The first-order valence-corrected chi connectivity index (χ1v) is 8.54. The molecule has 0 aliphatic carbocycles. The molecule has 0 saturated heterocycles. The molecule has 0 fully saturated rings. The summed E-state index contributed by atoms with van der Waals surface area (Å²) in [4.78, 5) is 10.2. The van der Waals surface area contributed by atoms with Crippen molar-refractivity contribution in [2.24, 2.45) is 0 Å². The molecule has 0 unspecified atom stereocenters. The van der Waals surface area contributed by atoms with Crippen molar-refractivity contribution in [3.63, 3.8) is 0 Å². The zero-order chi connectivity index (χ0) is 14.1. The van der Waals surface area contributed by atoms with Crippen molar-refractivity contribution in [2.45, 2.75) is 13.8 Å². The molecule has 0 aliphatic rings. The number of hydrogen-bond acceptors (Lipinski definition) is 5. The van der Waals surface area contributed by atoms with E-state index in [1.807, 2.05) is 38.1 Å². The fraction of sp³-hybridized carbons (Fsp3) is 0.143. The van der Waals surface area contributed by atoms with Gasteiger partial charge in [0.05, 0.1) is 27.0 Å². The van der Waals surface area contributed by atoms with Crippen LogP contribution in [0.3, 0.4) is 0 Å². The van der Waals surface area contributed by atoms with E-state index in [0.29, 0.717) is 0 Å². The second kappa shape index (κ2) is 5.63. The van der Waals surface area contributed by atoms with Crippen LogP contribution in [0.5, 0.6) is 0 Å². The van der Waals surface area contributed by atoms with Gasteiger partial charge in [-0.25, -0.2) is 9.97 Å². The summed E-state index contributed by atoms with van der Waals surface area (Å²) in [6.07, 6.45) is 0. The molecular weight excluding hydrogens is 354 g/mol. The summed E-state index contributed by atoms with van der Waals surface area (Å²) in [5.41, 5.74) is 3.06. The Hall–Kier alpha value is -1.24. The Morgan fingerprint density at radius 3 is 2.65 bits per heavy atom. The summed E-state index contributed by atoms with van der Waals surface area (Å²) in [6, 6.07) is 8.02. The van der Waals surface area contributed by atoms with E-state index in [0.717, 1.165) is 36.6 Å². The molecule has 0 bridgehead atoms. The predicted molar refractivity (Wildman–Crippen MR) is 90.1 cm³/mol. The molecule has 0 saturated carbocycles. The molecule has 0 atom stereocenters. The van der Waals surface area contributed by atoms with Gasteiger partial charge in [-0.2, -0.15) is 0 Å². The van der Waals surface area contributed by atoms with Crippen molar-refractivity contribution in [3.05, 3.63) is 44.8 Å². The first kappa shape index (κ1) is 13.7. The maximum atomic E-state index is 4.65. The van der Waals surface area contributed by atoms with Gasteiger partial charge < -0.3 is 5.32 Å². The van der Waals surface area contributed by atoms with Crippen molar-refractivity contribution >= 4 is 49.4 Å². The molecule has 0 radical (unpaired) electrons. The van der Waals surface area contributed by atoms with E-state index in [1.165, 1.54) is 0 Å². The lowest BCUT2D eigenvalue weighted by Gasteiger charge is -2.04. The van der Waals surface area contributed by atoms with Crippen LogP contribution in [0.2, 0.25) is 0 Å². The molecule has 102 valence electrons. The first-order chi connectivity index (χ1) is 9.63. The zero-order valence-electron chi connectivity index (χ0n) is 11.0. The Bertz CT molecular complexity index is 748. The van der Waals surface area contributed by atoms with E-state index in [4.69, 9.17) is 0 Å². The van der Waals surface area contributed by atoms with Crippen molar-refractivity contribution in [1.82, 2.24) is 9.97 Å². The zero-order valence-corrected chi connectivity index (χ0v) is 14.2. The highest BCUT2D eigenvalue weighted by Crippen LogP contribution is 2.34. The van der Waals surface area contributed by atoms with Crippen LogP contribution in [0, 0.1) is 13.8 Å². The summed E-state index contributed by atoms with van der Waals surface area (Å²) in [5.74, 6) is 0. The quantitative estimate of drug-likeness (QED) is 0.675. The minimum absolute atomic E-state index is 0.886.